The number of nitrogens with zero attached hydrogens (tertiary/aromatic N) is 2. The summed E-state index contributed by atoms with van der Waals surface area (Å²) in [6, 6.07) is 0.311. The van der Waals surface area contributed by atoms with E-state index in [9.17, 15) is 4.79 Å². The quantitative estimate of drug-likeness (QED) is 0.927. The molecule has 1 amide bonds. The highest BCUT2D eigenvalue weighted by atomic mass is 16.6. The van der Waals surface area contributed by atoms with Gasteiger partial charge in [-0.1, -0.05) is 0 Å². The zero-order chi connectivity index (χ0) is 15.5. The number of aromatic nitrogens is 2. The minimum absolute atomic E-state index is 0.311. The smallest absolute Gasteiger partial charge is 0.407 e. The molecule has 0 spiro atoms. The van der Waals surface area contributed by atoms with Crippen LogP contribution in [-0.2, 0) is 16.0 Å². The Morgan fingerprint density at radius 2 is 2.38 bits per heavy atom. The fourth-order valence-electron chi connectivity index (χ4n) is 2.47. The van der Waals surface area contributed by atoms with E-state index in [0.29, 0.717) is 18.5 Å². The Kier molecular flexibility index (Phi) is 4.88. The number of nitrogens with one attached hydrogen (secondary N) is 1. The van der Waals surface area contributed by atoms with E-state index in [1.165, 1.54) is 0 Å². The third kappa shape index (κ3) is 4.46. The number of hydrogen-bond acceptors (Lipinski definition) is 4. The Balaban J connectivity index is 1.92. The summed E-state index contributed by atoms with van der Waals surface area (Å²) in [7, 11) is 0. The number of rotatable bonds is 4. The first-order chi connectivity index (χ1) is 9.87. The van der Waals surface area contributed by atoms with Gasteiger partial charge in [-0.3, -0.25) is 0 Å². The third-order valence-corrected chi connectivity index (χ3v) is 3.64. The van der Waals surface area contributed by atoms with Crippen molar-refractivity contribution in [2.75, 3.05) is 13.2 Å². The summed E-state index contributed by atoms with van der Waals surface area (Å²) in [6.45, 7) is 9.73. The first-order valence-electron chi connectivity index (χ1n) is 7.42. The van der Waals surface area contributed by atoms with Crippen molar-refractivity contribution in [2.24, 2.45) is 5.92 Å². The number of alkyl carbamates (subject to hydrolysis) is 1. The largest absolute Gasteiger partial charge is 0.444 e. The predicted octanol–water partition coefficient (Wildman–Crippen LogP) is 2.51. The van der Waals surface area contributed by atoms with Crippen LogP contribution in [0, 0.1) is 5.92 Å². The third-order valence-electron chi connectivity index (χ3n) is 3.64. The molecule has 0 aliphatic carbocycles. The Bertz CT molecular complexity index is 473. The molecule has 1 N–H and O–H groups in total. The van der Waals surface area contributed by atoms with Crippen LogP contribution in [0.3, 0.4) is 0 Å². The lowest BCUT2D eigenvalue weighted by atomic mass is 10.0. The molecule has 21 heavy (non-hydrogen) atoms. The van der Waals surface area contributed by atoms with Crippen LogP contribution in [0.25, 0.3) is 0 Å². The molecule has 2 rings (SSSR count). The van der Waals surface area contributed by atoms with Crippen LogP contribution in [0.2, 0.25) is 0 Å². The van der Waals surface area contributed by atoms with Crippen LogP contribution in [-0.4, -0.2) is 34.5 Å². The summed E-state index contributed by atoms with van der Waals surface area (Å²) in [6.07, 6.45) is 4.25. The van der Waals surface area contributed by atoms with Gasteiger partial charge in [-0.05, 0) is 34.1 Å². The summed E-state index contributed by atoms with van der Waals surface area (Å²) >= 11 is 0. The van der Waals surface area contributed by atoms with Gasteiger partial charge in [-0.2, -0.15) is 0 Å². The van der Waals surface area contributed by atoms with Crippen molar-refractivity contribution in [1.82, 2.24) is 14.9 Å². The molecule has 2 unspecified atom stereocenters. The molecule has 2 heterocycles. The number of carbonyl (C=O) groups excluding carboxylic acids is 1. The second-order valence-electron chi connectivity index (χ2n) is 6.51. The topological polar surface area (TPSA) is 65.4 Å². The van der Waals surface area contributed by atoms with Crippen molar-refractivity contribution in [1.29, 1.82) is 0 Å². The molecular formula is C15H25N3O3. The highest BCUT2D eigenvalue weighted by Crippen LogP contribution is 2.26. The summed E-state index contributed by atoms with van der Waals surface area (Å²) in [5, 5.41) is 2.77. The SMILES string of the molecule is CC(C1CCOC1)n1cncc1CNC(=O)OC(C)(C)C. The average molecular weight is 295 g/mol. The van der Waals surface area contributed by atoms with Crippen LogP contribution < -0.4 is 5.32 Å². The molecule has 1 aliphatic rings. The molecule has 1 fully saturated rings. The second-order valence-corrected chi connectivity index (χ2v) is 6.51. The molecule has 1 aliphatic heterocycles. The standard InChI is InChI=1S/C15H25N3O3/c1-11(12-5-6-20-9-12)18-10-16-7-13(18)8-17-14(19)21-15(2,3)4/h7,10-12H,5-6,8-9H2,1-4H3,(H,17,19). The summed E-state index contributed by atoms with van der Waals surface area (Å²) < 4.78 is 12.8. The number of hydrogen-bond donors (Lipinski definition) is 1. The van der Waals surface area contributed by atoms with Gasteiger partial charge < -0.3 is 19.4 Å². The fourth-order valence-corrected chi connectivity index (χ4v) is 2.47. The van der Waals surface area contributed by atoms with Gasteiger partial charge in [-0.15, -0.1) is 0 Å². The molecule has 6 heteroatoms. The molecule has 6 nitrogen and oxygen atoms in total. The van der Waals surface area contributed by atoms with Crippen LogP contribution in [0.5, 0.6) is 0 Å². The van der Waals surface area contributed by atoms with Gasteiger partial charge >= 0.3 is 6.09 Å². The maximum atomic E-state index is 11.7. The van der Waals surface area contributed by atoms with E-state index in [2.05, 4.69) is 21.8 Å². The highest BCUT2D eigenvalue weighted by Gasteiger charge is 2.25. The normalized spacial score (nSPS) is 20.3. The molecule has 0 bridgehead atoms. The number of amides is 1. The molecule has 1 saturated heterocycles. The molecular weight excluding hydrogens is 270 g/mol. The first-order valence-corrected chi connectivity index (χ1v) is 7.42. The average Bonchev–Trinajstić information content (AvgIpc) is 3.05. The summed E-state index contributed by atoms with van der Waals surface area (Å²) in [4.78, 5) is 15.9. The first kappa shape index (κ1) is 15.8. The summed E-state index contributed by atoms with van der Waals surface area (Å²) in [5.74, 6) is 0.500. The van der Waals surface area contributed by atoms with Gasteiger partial charge in [-0.25, -0.2) is 9.78 Å². The van der Waals surface area contributed by atoms with Gasteiger partial charge in [0.25, 0.3) is 0 Å². The van der Waals surface area contributed by atoms with Gasteiger partial charge in [0.1, 0.15) is 5.60 Å². The second kappa shape index (κ2) is 6.47. The zero-order valence-corrected chi connectivity index (χ0v) is 13.3. The van der Waals surface area contributed by atoms with Crippen molar-refractivity contribution >= 4 is 6.09 Å². The molecule has 0 radical (unpaired) electrons. The number of imidazole rings is 1. The van der Waals surface area contributed by atoms with E-state index >= 15 is 0 Å². The summed E-state index contributed by atoms with van der Waals surface area (Å²) in [5.41, 5.74) is 0.485. The van der Waals surface area contributed by atoms with E-state index in [1.54, 1.807) is 6.20 Å². The van der Waals surface area contributed by atoms with E-state index in [-0.39, 0.29) is 0 Å². The van der Waals surface area contributed by atoms with Crippen LogP contribution in [0.4, 0.5) is 4.79 Å². The molecule has 0 saturated carbocycles. The van der Waals surface area contributed by atoms with Crippen LogP contribution >= 0.6 is 0 Å². The monoisotopic (exact) mass is 295 g/mol. The maximum Gasteiger partial charge on any atom is 0.407 e. The van der Waals surface area contributed by atoms with Crippen LogP contribution in [0.1, 0.15) is 45.9 Å². The molecule has 1 aromatic rings. The number of ether oxygens (including phenoxy) is 2. The van der Waals surface area contributed by atoms with Crippen molar-refractivity contribution in [3.8, 4) is 0 Å². The van der Waals surface area contributed by atoms with Gasteiger partial charge in [0, 0.05) is 24.8 Å². The molecule has 0 aromatic carbocycles. The van der Waals surface area contributed by atoms with E-state index in [1.807, 2.05) is 27.1 Å². The van der Waals surface area contributed by atoms with E-state index in [0.717, 1.165) is 25.3 Å². The van der Waals surface area contributed by atoms with Gasteiger partial charge in [0.15, 0.2) is 0 Å². The van der Waals surface area contributed by atoms with Gasteiger partial charge in [0.05, 0.1) is 25.2 Å². The minimum atomic E-state index is -0.487. The van der Waals surface area contributed by atoms with Crippen molar-refractivity contribution in [2.45, 2.75) is 52.3 Å². The van der Waals surface area contributed by atoms with Crippen LogP contribution in [0.15, 0.2) is 12.5 Å². The Morgan fingerprint density at radius 3 is 3.00 bits per heavy atom. The molecule has 1 aromatic heterocycles. The minimum Gasteiger partial charge on any atom is -0.444 e. The Labute approximate surface area is 125 Å². The maximum absolute atomic E-state index is 11.7. The predicted molar refractivity (Wildman–Crippen MR) is 78.9 cm³/mol. The van der Waals surface area contributed by atoms with Crippen molar-refractivity contribution in [3.05, 3.63) is 18.2 Å². The van der Waals surface area contributed by atoms with E-state index < -0.39 is 11.7 Å². The molecule has 2 atom stereocenters. The van der Waals surface area contributed by atoms with Gasteiger partial charge in [0.2, 0.25) is 0 Å². The Hall–Kier alpha value is -1.56. The lowest BCUT2D eigenvalue weighted by Crippen LogP contribution is -2.33. The fraction of sp³-hybridized carbons (Fsp3) is 0.733. The van der Waals surface area contributed by atoms with E-state index in [4.69, 9.17) is 9.47 Å². The lowest BCUT2D eigenvalue weighted by molar-refractivity contribution is 0.0522. The highest BCUT2D eigenvalue weighted by molar-refractivity contribution is 5.67. The zero-order valence-electron chi connectivity index (χ0n) is 13.3. The van der Waals surface area contributed by atoms with Crippen molar-refractivity contribution in [3.63, 3.8) is 0 Å². The lowest BCUT2D eigenvalue weighted by Gasteiger charge is -2.22. The Morgan fingerprint density at radius 1 is 1.62 bits per heavy atom. The van der Waals surface area contributed by atoms with Crippen molar-refractivity contribution < 1.29 is 14.3 Å². The molecule has 118 valence electrons. The number of carbonyl (C=O) groups is 1.